The Morgan fingerprint density at radius 1 is 1.05 bits per heavy atom. The number of aliphatic hydroxyl groups is 1. The van der Waals surface area contributed by atoms with Crippen LogP contribution in [-0.4, -0.2) is 56.7 Å². The Balaban J connectivity index is 1.24. The third kappa shape index (κ3) is 5.02. The van der Waals surface area contributed by atoms with Gasteiger partial charge in [-0.3, -0.25) is 0 Å². The molecule has 0 amide bonds. The first kappa shape index (κ1) is 25.8. The zero-order valence-corrected chi connectivity index (χ0v) is 22.4. The zero-order valence-electron chi connectivity index (χ0n) is 22.4. The molecule has 198 valence electrons. The van der Waals surface area contributed by atoms with Gasteiger partial charge >= 0.3 is 0 Å². The van der Waals surface area contributed by atoms with Gasteiger partial charge in [0.1, 0.15) is 0 Å². The van der Waals surface area contributed by atoms with E-state index in [0.29, 0.717) is 43.4 Å². The number of hydrogen-bond donors (Lipinski definition) is 3. The van der Waals surface area contributed by atoms with Crippen LogP contribution in [0.1, 0.15) is 43.7 Å². The Labute approximate surface area is 220 Å². The van der Waals surface area contributed by atoms with E-state index in [1.54, 1.807) is 14.2 Å². The predicted octanol–water partition coefficient (Wildman–Crippen LogP) is 5.28. The third-order valence-electron chi connectivity index (χ3n) is 8.70. The van der Waals surface area contributed by atoms with Crippen LogP contribution in [0.5, 0.6) is 11.5 Å². The van der Waals surface area contributed by atoms with E-state index in [0.717, 1.165) is 29.2 Å². The lowest BCUT2D eigenvalue weighted by atomic mass is 9.49. The minimum atomic E-state index is -0.581. The topological polar surface area (TPSA) is 75.7 Å². The summed E-state index contributed by atoms with van der Waals surface area (Å²) in [5.41, 5.74) is 5.11. The van der Waals surface area contributed by atoms with Crippen molar-refractivity contribution in [1.82, 2.24) is 10.3 Å². The highest BCUT2D eigenvalue weighted by atomic mass is 16.5. The van der Waals surface area contributed by atoms with Gasteiger partial charge < -0.3 is 29.6 Å². The first-order valence-electron chi connectivity index (χ1n) is 13.4. The van der Waals surface area contributed by atoms with Crippen LogP contribution in [0, 0.1) is 17.3 Å². The van der Waals surface area contributed by atoms with E-state index in [1.165, 1.54) is 22.9 Å². The quantitative estimate of drug-likeness (QED) is 0.293. The molecule has 1 fully saturated rings. The molecule has 1 heterocycles. The van der Waals surface area contributed by atoms with Gasteiger partial charge in [0.2, 0.25) is 0 Å². The van der Waals surface area contributed by atoms with Crippen LogP contribution < -0.4 is 14.8 Å². The number of rotatable bonds is 12. The molecular formula is C31H40N2O4. The molecule has 37 heavy (non-hydrogen) atoms. The molecule has 4 atom stereocenters. The molecule has 3 aliphatic carbocycles. The summed E-state index contributed by atoms with van der Waals surface area (Å²) >= 11 is 0. The van der Waals surface area contributed by atoms with Gasteiger partial charge in [0.25, 0.3) is 0 Å². The van der Waals surface area contributed by atoms with Crippen LogP contribution in [0.15, 0.2) is 60.3 Å². The fourth-order valence-corrected chi connectivity index (χ4v) is 6.36. The second-order valence-electron chi connectivity index (χ2n) is 11.1. The van der Waals surface area contributed by atoms with Crippen molar-refractivity contribution in [2.45, 2.75) is 38.7 Å². The fourth-order valence-electron chi connectivity index (χ4n) is 6.36. The van der Waals surface area contributed by atoms with Crippen molar-refractivity contribution >= 4 is 10.9 Å². The van der Waals surface area contributed by atoms with E-state index in [1.807, 2.05) is 18.2 Å². The van der Waals surface area contributed by atoms with Crippen LogP contribution in [0.3, 0.4) is 0 Å². The Morgan fingerprint density at radius 3 is 2.65 bits per heavy atom. The molecule has 1 aromatic heterocycles. The van der Waals surface area contributed by atoms with Crippen LogP contribution in [-0.2, 0) is 4.74 Å². The molecule has 3 N–H and O–H groups in total. The van der Waals surface area contributed by atoms with E-state index < -0.39 is 6.10 Å². The van der Waals surface area contributed by atoms with Gasteiger partial charge in [-0.05, 0) is 53.4 Å². The smallest absolute Gasteiger partial charge is 0.164 e. The monoisotopic (exact) mass is 504 g/mol. The second kappa shape index (κ2) is 10.9. The number of aromatic amines is 1. The van der Waals surface area contributed by atoms with Crippen LogP contribution in [0.2, 0.25) is 0 Å². The lowest BCUT2D eigenvalue weighted by molar-refractivity contribution is -0.0235. The van der Waals surface area contributed by atoms with Crippen molar-refractivity contribution in [2.75, 3.05) is 40.5 Å². The molecule has 0 spiro atoms. The summed E-state index contributed by atoms with van der Waals surface area (Å²) in [7, 11) is 3.33. The maximum atomic E-state index is 10.7. The number of methoxy groups -OCH3 is 2. The number of para-hydroxylation sites is 2. The normalized spacial score (nSPS) is 21.7. The number of fused-ring (bicyclic) bond motifs is 2. The van der Waals surface area contributed by atoms with Crippen molar-refractivity contribution in [2.24, 2.45) is 17.3 Å². The summed E-state index contributed by atoms with van der Waals surface area (Å²) in [5.74, 6) is 2.89. The maximum absolute atomic E-state index is 10.7. The van der Waals surface area contributed by atoms with Gasteiger partial charge in [-0.1, -0.05) is 50.3 Å². The lowest BCUT2D eigenvalue weighted by Gasteiger charge is -2.56. The summed E-state index contributed by atoms with van der Waals surface area (Å²) in [6.07, 6.45) is 6.30. The van der Waals surface area contributed by atoms with Crippen molar-refractivity contribution in [3.8, 4) is 11.5 Å². The molecule has 0 aliphatic heterocycles. The maximum Gasteiger partial charge on any atom is 0.164 e. The molecule has 6 heteroatoms. The number of ether oxygens (including phenoxy) is 3. The number of aliphatic hydroxyl groups excluding tert-OH is 1. The molecule has 2 aromatic carbocycles. The fraction of sp³-hybridized carbons (Fsp3) is 0.484. The minimum Gasteiger partial charge on any atom is -0.493 e. The van der Waals surface area contributed by atoms with Gasteiger partial charge in [-0.15, -0.1) is 0 Å². The van der Waals surface area contributed by atoms with Gasteiger partial charge in [-0.2, -0.15) is 0 Å². The highest BCUT2D eigenvalue weighted by Crippen LogP contribution is 2.59. The summed E-state index contributed by atoms with van der Waals surface area (Å²) in [4.78, 5) is 3.40. The summed E-state index contributed by atoms with van der Waals surface area (Å²) in [6.45, 7) is 6.77. The molecule has 6 rings (SSSR count). The van der Waals surface area contributed by atoms with Crippen LogP contribution >= 0.6 is 0 Å². The molecule has 0 saturated heterocycles. The summed E-state index contributed by atoms with van der Waals surface area (Å²) in [5, 5.41) is 15.3. The van der Waals surface area contributed by atoms with Gasteiger partial charge in [0.15, 0.2) is 11.5 Å². The average Bonchev–Trinajstić information content (AvgIpc) is 3.34. The standard InChI is InChI=1S/C31H40N2O4/c1-31(2)21-13-12-20(27(31)14-21)18-37-19-22(34)15-32-16-25(24-9-7-11-29(35-3)30(24)36-4)26-17-33-28-10-6-5-8-23(26)28/h5-12,17,21-22,25,27,32-34H,13-16,18-19H2,1-4H3. The van der Waals surface area contributed by atoms with Crippen molar-refractivity contribution in [1.29, 1.82) is 0 Å². The highest BCUT2D eigenvalue weighted by molar-refractivity contribution is 5.84. The van der Waals surface area contributed by atoms with Crippen molar-refractivity contribution in [3.63, 3.8) is 0 Å². The first-order chi connectivity index (χ1) is 17.9. The molecular weight excluding hydrogens is 464 g/mol. The van der Waals surface area contributed by atoms with Gasteiger partial charge in [0, 0.05) is 41.7 Å². The second-order valence-corrected chi connectivity index (χ2v) is 11.1. The average molecular weight is 505 g/mol. The van der Waals surface area contributed by atoms with E-state index in [4.69, 9.17) is 14.2 Å². The largest absolute Gasteiger partial charge is 0.493 e. The first-order valence-corrected chi connectivity index (χ1v) is 13.4. The van der Waals surface area contributed by atoms with Crippen molar-refractivity contribution in [3.05, 3.63) is 71.4 Å². The zero-order chi connectivity index (χ0) is 26.0. The van der Waals surface area contributed by atoms with E-state index in [9.17, 15) is 5.11 Å². The molecule has 0 radical (unpaired) electrons. The van der Waals surface area contributed by atoms with Gasteiger partial charge in [0.05, 0.1) is 33.5 Å². The Hall–Kier alpha value is -2.80. The Bertz CT molecular complexity index is 1250. The van der Waals surface area contributed by atoms with E-state index >= 15 is 0 Å². The number of hydrogen-bond acceptors (Lipinski definition) is 5. The number of nitrogens with one attached hydrogen (secondary N) is 2. The summed E-state index contributed by atoms with van der Waals surface area (Å²) in [6, 6.07) is 14.3. The highest BCUT2D eigenvalue weighted by Gasteiger charge is 2.50. The molecule has 4 unspecified atom stereocenters. The third-order valence-corrected chi connectivity index (χ3v) is 8.70. The number of benzene rings is 2. The Morgan fingerprint density at radius 2 is 1.89 bits per heavy atom. The van der Waals surface area contributed by atoms with E-state index in [2.05, 4.69) is 60.7 Å². The predicted molar refractivity (Wildman–Crippen MR) is 147 cm³/mol. The van der Waals surface area contributed by atoms with Gasteiger partial charge in [-0.25, -0.2) is 0 Å². The number of allylic oxidation sites excluding steroid dienone is 1. The number of H-pyrrole nitrogens is 1. The molecule has 3 aromatic rings. The molecule has 1 saturated carbocycles. The van der Waals surface area contributed by atoms with Crippen molar-refractivity contribution < 1.29 is 19.3 Å². The Kier molecular flexibility index (Phi) is 7.61. The van der Waals surface area contributed by atoms with Crippen LogP contribution in [0.4, 0.5) is 0 Å². The van der Waals surface area contributed by atoms with Crippen LogP contribution in [0.25, 0.3) is 10.9 Å². The SMILES string of the molecule is COc1cccc(C(CNCC(O)COCC2=CCC3CC2C3(C)C)c2c[nH]c3ccccc23)c1OC. The minimum absolute atomic E-state index is 0.00416. The lowest BCUT2D eigenvalue weighted by Crippen LogP contribution is -2.48. The van der Waals surface area contributed by atoms with E-state index in [-0.39, 0.29) is 5.92 Å². The molecule has 3 aliphatic rings. The number of aromatic nitrogens is 1. The summed E-state index contributed by atoms with van der Waals surface area (Å²) < 4.78 is 17.3. The molecule has 2 bridgehead atoms. The molecule has 6 nitrogen and oxygen atoms in total.